The number of aromatic hydroxyl groups is 1. The second kappa shape index (κ2) is 8.60. The van der Waals surface area contributed by atoms with Crippen molar-refractivity contribution >= 4 is 17.5 Å². The molecule has 1 atom stereocenters. The maximum Gasteiger partial charge on any atom is 0.273 e. The zero-order valence-electron chi connectivity index (χ0n) is 17.8. The van der Waals surface area contributed by atoms with Crippen molar-refractivity contribution < 1.29 is 14.6 Å². The lowest BCUT2D eigenvalue weighted by atomic mass is 9.95. The molecule has 1 amide bonds. The Morgan fingerprint density at radius 1 is 1.18 bits per heavy atom. The predicted molar refractivity (Wildman–Crippen MR) is 124 cm³/mol. The van der Waals surface area contributed by atoms with Gasteiger partial charge in [-0.25, -0.2) is 0 Å². The van der Waals surface area contributed by atoms with Gasteiger partial charge in [0.25, 0.3) is 5.91 Å². The van der Waals surface area contributed by atoms with E-state index in [1.54, 1.807) is 29.4 Å². The zero-order valence-corrected chi connectivity index (χ0v) is 18.6. The van der Waals surface area contributed by atoms with Crippen LogP contribution in [0.2, 0.25) is 5.02 Å². The summed E-state index contributed by atoms with van der Waals surface area (Å²) in [5.74, 6) is 0.620. The van der Waals surface area contributed by atoms with E-state index < -0.39 is 6.04 Å². The average Bonchev–Trinajstić information content (AvgIpc) is 3.36. The van der Waals surface area contributed by atoms with E-state index >= 15 is 0 Å². The van der Waals surface area contributed by atoms with Gasteiger partial charge in [0.1, 0.15) is 22.9 Å². The molecule has 1 aliphatic rings. The molecule has 33 heavy (non-hydrogen) atoms. The monoisotopic (exact) mass is 460 g/mol. The van der Waals surface area contributed by atoms with Crippen LogP contribution in [-0.2, 0) is 6.54 Å². The number of rotatable bonds is 6. The molecule has 1 aliphatic heterocycles. The number of halogens is 1. The summed E-state index contributed by atoms with van der Waals surface area (Å²) in [5.41, 5.74) is 3.86. The van der Waals surface area contributed by atoms with Gasteiger partial charge in [0.2, 0.25) is 0 Å². The van der Waals surface area contributed by atoms with Gasteiger partial charge < -0.3 is 14.7 Å². The van der Waals surface area contributed by atoms with Crippen molar-refractivity contribution in [3.63, 3.8) is 0 Å². The van der Waals surface area contributed by atoms with Crippen LogP contribution >= 0.6 is 11.6 Å². The molecule has 1 unspecified atom stereocenters. The Balaban J connectivity index is 1.65. The third-order valence-corrected chi connectivity index (χ3v) is 5.90. The lowest BCUT2D eigenvalue weighted by molar-refractivity contribution is 0.0730. The second-order valence-electron chi connectivity index (χ2n) is 7.72. The number of nitrogens with zero attached hydrogens (tertiary/aromatic N) is 3. The first-order chi connectivity index (χ1) is 16.1. The smallest absolute Gasteiger partial charge is 0.273 e. The molecule has 0 radical (unpaired) electrons. The van der Waals surface area contributed by atoms with Gasteiger partial charge in [0.05, 0.1) is 12.6 Å². The van der Waals surface area contributed by atoms with E-state index in [-0.39, 0.29) is 11.7 Å². The number of fused-ring (bicyclic) bond motifs is 1. The number of benzene rings is 2. The van der Waals surface area contributed by atoms with E-state index in [1.807, 2.05) is 43.3 Å². The van der Waals surface area contributed by atoms with Gasteiger partial charge in [-0.2, -0.15) is 5.10 Å². The van der Waals surface area contributed by atoms with Crippen LogP contribution < -0.4 is 4.74 Å². The van der Waals surface area contributed by atoms with Crippen molar-refractivity contribution in [3.05, 3.63) is 94.4 Å². The Morgan fingerprint density at radius 3 is 2.73 bits per heavy atom. The fourth-order valence-electron chi connectivity index (χ4n) is 4.21. The Labute approximate surface area is 195 Å². The topological polar surface area (TPSA) is 91.3 Å². The molecule has 4 aromatic rings. The molecule has 2 aromatic carbocycles. The molecule has 0 saturated heterocycles. The van der Waals surface area contributed by atoms with Crippen molar-refractivity contribution in [2.75, 3.05) is 6.61 Å². The predicted octanol–water partition coefficient (Wildman–Crippen LogP) is 4.97. The van der Waals surface area contributed by atoms with Crippen LogP contribution in [0.15, 0.2) is 67.0 Å². The summed E-state index contributed by atoms with van der Waals surface area (Å²) in [6, 6.07) is 15.8. The number of nitrogens with one attached hydrogen (secondary N) is 1. The minimum atomic E-state index is -0.421. The molecule has 166 valence electrons. The van der Waals surface area contributed by atoms with Crippen LogP contribution in [0.4, 0.5) is 0 Å². The Bertz CT molecular complexity index is 1310. The number of carbonyl (C=O) groups excluding carboxylic acids is 1. The largest absolute Gasteiger partial charge is 0.507 e. The Kier molecular flexibility index (Phi) is 5.48. The van der Waals surface area contributed by atoms with Gasteiger partial charge in [-0.3, -0.25) is 14.9 Å². The van der Waals surface area contributed by atoms with E-state index in [4.69, 9.17) is 16.3 Å². The maximum atomic E-state index is 13.5. The first-order valence-corrected chi connectivity index (χ1v) is 10.9. The highest BCUT2D eigenvalue weighted by Gasteiger charge is 2.42. The van der Waals surface area contributed by atoms with Gasteiger partial charge in [0, 0.05) is 35.1 Å². The molecule has 0 saturated carbocycles. The molecule has 3 heterocycles. The highest BCUT2D eigenvalue weighted by atomic mass is 35.5. The first kappa shape index (κ1) is 21.0. The molecule has 0 bridgehead atoms. The number of amides is 1. The molecule has 0 aliphatic carbocycles. The lowest BCUT2D eigenvalue weighted by Crippen LogP contribution is -2.29. The maximum absolute atomic E-state index is 13.5. The van der Waals surface area contributed by atoms with E-state index in [0.29, 0.717) is 40.7 Å². The quantitative estimate of drug-likeness (QED) is 0.423. The highest BCUT2D eigenvalue weighted by molar-refractivity contribution is 6.31. The van der Waals surface area contributed by atoms with E-state index in [9.17, 15) is 9.90 Å². The highest BCUT2D eigenvalue weighted by Crippen LogP contribution is 2.45. The van der Waals surface area contributed by atoms with Gasteiger partial charge in [-0.05, 0) is 54.4 Å². The Hall–Kier alpha value is -3.84. The van der Waals surface area contributed by atoms with Gasteiger partial charge in [0.15, 0.2) is 0 Å². The second-order valence-corrected chi connectivity index (χ2v) is 8.16. The zero-order chi connectivity index (χ0) is 22.9. The molecule has 2 aromatic heterocycles. The Morgan fingerprint density at radius 2 is 2.00 bits per heavy atom. The van der Waals surface area contributed by atoms with E-state index in [1.165, 1.54) is 6.07 Å². The van der Waals surface area contributed by atoms with E-state index in [2.05, 4.69) is 15.2 Å². The van der Waals surface area contributed by atoms with Gasteiger partial charge in [-0.15, -0.1) is 0 Å². The number of H-pyrrole nitrogens is 1. The molecule has 0 fully saturated rings. The SMILES string of the molecule is CCOc1ccc(C2c3c(-c4cc(Cl)ccc4O)n[nH]c3C(=O)N2Cc2cccnc2)cc1. The van der Waals surface area contributed by atoms with Gasteiger partial charge in [-0.1, -0.05) is 29.8 Å². The lowest BCUT2D eigenvalue weighted by Gasteiger charge is -2.26. The van der Waals surface area contributed by atoms with Crippen molar-refractivity contribution in [1.82, 2.24) is 20.1 Å². The van der Waals surface area contributed by atoms with Crippen LogP contribution in [0.1, 0.15) is 40.1 Å². The van der Waals surface area contributed by atoms with Crippen molar-refractivity contribution in [1.29, 1.82) is 0 Å². The molecule has 8 heteroatoms. The molecular formula is C25H21ClN4O3. The third kappa shape index (κ3) is 3.81. The van der Waals surface area contributed by atoms with Crippen molar-refractivity contribution in [3.8, 4) is 22.8 Å². The summed E-state index contributed by atoms with van der Waals surface area (Å²) in [6.07, 6.45) is 3.45. The fourth-order valence-corrected chi connectivity index (χ4v) is 4.38. The third-order valence-electron chi connectivity index (χ3n) is 5.66. The summed E-state index contributed by atoms with van der Waals surface area (Å²) >= 11 is 6.20. The summed E-state index contributed by atoms with van der Waals surface area (Å²) in [7, 11) is 0. The molecular weight excluding hydrogens is 440 g/mol. The van der Waals surface area contributed by atoms with Crippen LogP contribution in [0.3, 0.4) is 0 Å². The van der Waals surface area contributed by atoms with E-state index in [0.717, 1.165) is 16.9 Å². The number of ether oxygens (including phenoxy) is 1. The van der Waals surface area contributed by atoms with Crippen molar-refractivity contribution in [2.24, 2.45) is 0 Å². The summed E-state index contributed by atoms with van der Waals surface area (Å²) in [5, 5.41) is 18.3. The molecule has 7 nitrogen and oxygen atoms in total. The minimum Gasteiger partial charge on any atom is -0.507 e. The standard InChI is InChI=1S/C25H21ClN4O3/c1-2-33-18-8-5-16(6-9-18)24-21-22(19-12-17(26)7-10-20(19)31)28-29-23(21)25(32)30(24)14-15-4-3-11-27-13-15/h3-13,24,31H,2,14H2,1H3,(H,28,29). The number of phenols is 1. The normalized spacial score (nSPS) is 15.0. The van der Waals surface area contributed by atoms with Crippen molar-refractivity contribution in [2.45, 2.75) is 19.5 Å². The number of hydrogen-bond acceptors (Lipinski definition) is 5. The van der Waals surface area contributed by atoms with Crippen LogP contribution in [0, 0.1) is 0 Å². The van der Waals surface area contributed by atoms with Crippen LogP contribution in [0.5, 0.6) is 11.5 Å². The molecule has 5 rings (SSSR count). The number of carbonyl (C=O) groups is 1. The van der Waals surface area contributed by atoms with Crippen LogP contribution in [-0.4, -0.2) is 37.7 Å². The van der Waals surface area contributed by atoms with Gasteiger partial charge >= 0.3 is 0 Å². The number of phenolic OH excluding ortho intramolecular Hbond substituents is 1. The number of aromatic amines is 1. The number of hydrogen-bond donors (Lipinski definition) is 2. The number of pyridine rings is 1. The minimum absolute atomic E-state index is 0.0392. The summed E-state index contributed by atoms with van der Waals surface area (Å²) in [6.45, 7) is 2.87. The summed E-state index contributed by atoms with van der Waals surface area (Å²) in [4.78, 5) is 19.4. The molecule has 2 N–H and O–H groups in total. The first-order valence-electron chi connectivity index (χ1n) is 10.6. The summed E-state index contributed by atoms with van der Waals surface area (Å²) < 4.78 is 5.59. The average molecular weight is 461 g/mol. The fraction of sp³-hybridized carbons (Fsp3) is 0.160. The molecule has 0 spiro atoms. The number of aromatic nitrogens is 3. The van der Waals surface area contributed by atoms with Crippen LogP contribution in [0.25, 0.3) is 11.3 Å².